The molecule has 21 heavy (non-hydrogen) atoms. The van der Waals surface area contributed by atoms with Gasteiger partial charge in [0, 0.05) is 32.2 Å². The number of hydrogen-bond acceptors (Lipinski definition) is 3. The van der Waals surface area contributed by atoms with Gasteiger partial charge in [-0.05, 0) is 30.5 Å². The number of piperidine rings is 1. The third-order valence-electron chi connectivity index (χ3n) is 4.71. The number of aliphatic carboxylic acids is 1. The normalized spacial score (nSPS) is 23.7. The van der Waals surface area contributed by atoms with Crippen LogP contribution >= 0.6 is 0 Å². The minimum absolute atomic E-state index is 0.112. The van der Waals surface area contributed by atoms with Crippen molar-refractivity contribution in [3.8, 4) is 0 Å². The average molecular weight is 288 g/mol. The van der Waals surface area contributed by atoms with Gasteiger partial charge in [-0.25, -0.2) is 0 Å². The Balaban J connectivity index is 1.55. The molecule has 3 rings (SSSR count). The summed E-state index contributed by atoms with van der Waals surface area (Å²) in [5, 5.41) is 8.79. The topological polar surface area (TPSA) is 43.8 Å². The van der Waals surface area contributed by atoms with Gasteiger partial charge in [-0.2, -0.15) is 0 Å². The number of nitrogens with zero attached hydrogens (tertiary/aromatic N) is 2. The molecule has 1 aromatic rings. The monoisotopic (exact) mass is 288 g/mol. The molecule has 2 aliphatic rings. The zero-order chi connectivity index (χ0) is 14.7. The first-order chi connectivity index (χ1) is 10.2. The summed E-state index contributed by atoms with van der Waals surface area (Å²) in [6.45, 7) is 5.78. The van der Waals surface area contributed by atoms with Gasteiger partial charge in [0.25, 0.3) is 0 Å². The van der Waals surface area contributed by atoms with E-state index >= 15 is 0 Å². The predicted molar refractivity (Wildman–Crippen MR) is 82.3 cm³/mol. The lowest BCUT2D eigenvalue weighted by atomic mass is 9.99. The number of carboxylic acids is 1. The fraction of sp³-hybridized carbons (Fsp3) is 0.588. The second-order valence-corrected chi connectivity index (χ2v) is 6.31. The lowest BCUT2D eigenvalue weighted by Crippen LogP contribution is -2.54. The van der Waals surface area contributed by atoms with Gasteiger partial charge in [0.15, 0.2) is 0 Å². The Morgan fingerprint density at radius 2 is 1.86 bits per heavy atom. The molecule has 4 heteroatoms. The van der Waals surface area contributed by atoms with Crippen molar-refractivity contribution in [3.05, 3.63) is 35.4 Å². The summed E-state index contributed by atoms with van der Waals surface area (Å²) in [5.41, 5.74) is 2.16. The molecule has 2 aliphatic heterocycles. The summed E-state index contributed by atoms with van der Waals surface area (Å²) in [5.74, 6) is -0.767. The second kappa shape index (κ2) is 6.58. The lowest BCUT2D eigenvalue weighted by Gasteiger charge is -2.44. The average Bonchev–Trinajstić information content (AvgIpc) is 2.49. The van der Waals surface area contributed by atoms with Crippen LogP contribution in [0, 0.1) is 0 Å². The Hall–Kier alpha value is -1.39. The molecule has 0 aromatic heterocycles. The van der Waals surface area contributed by atoms with Gasteiger partial charge >= 0.3 is 5.97 Å². The first-order valence-electron chi connectivity index (χ1n) is 7.97. The first-order valence-corrected chi connectivity index (χ1v) is 7.97. The number of hydrogen-bond donors (Lipinski definition) is 1. The fourth-order valence-corrected chi connectivity index (χ4v) is 3.56. The summed E-state index contributed by atoms with van der Waals surface area (Å²) in [7, 11) is 0. The molecule has 114 valence electrons. The van der Waals surface area contributed by atoms with Gasteiger partial charge in [-0.1, -0.05) is 30.7 Å². The van der Waals surface area contributed by atoms with Crippen LogP contribution in [0.15, 0.2) is 24.3 Å². The molecule has 2 saturated heterocycles. The van der Waals surface area contributed by atoms with Crippen molar-refractivity contribution in [2.75, 3.05) is 26.2 Å². The van der Waals surface area contributed by atoms with E-state index in [9.17, 15) is 4.79 Å². The van der Waals surface area contributed by atoms with Crippen molar-refractivity contribution in [3.63, 3.8) is 0 Å². The van der Waals surface area contributed by atoms with Crippen LogP contribution in [-0.2, 0) is 17.8 Å². The van der Waals surface area contributed by atoms with E-state index in [-0.39, 0.29) is 6.42 Å². The van der Waals surface area contributed by atoms with E-state index in [1.807, 2.05) is 12.1 Å². The molecule has 0 saturated carbocycles. The lowest BCUT2D eigenvalue weighted by molar-refractivity contribution is -0.136. The predicted octanol–water partition coefficient (Wildman–Crippen LogP) is 1.98. The maximum Gasteiger partial charge on any atom is 0.307 e. The van der Waals surface area contributed by atoms with Crippen molar-refractivity contribution < 1.29 is 9.90 Å². The van der Waals surface area contributed by atoms with Crippen molar-refractivity contribution in [2.45, 2.75) is 38.3 Å². The smallest absolute Gasteiger partial charge is 0.307 e. The molecule has 0 radical (unpaired) electrons. The van der Waals surface area contributed by atoms with Crippen LogP contribution in [0.5, 0.6) is 0 Å². The number of carboxylic acid groups (broad SMARTS) is 1. The number of benzene rings is 1. The minimum atomic E-state index is -0.767. The Labute approximate surface area is 126 Å². The number of rotatable bonds is 4. The number of fused-ring (bicyclic) bond motifs is 1. The Kier molecular flexibility index (Phi) is 4.56. The van der Waals surface area contributed by atoms with E-state index in [1.54, 1.807) is 0 Å². The zero-order valence-corrected chi connectivity index (χ0v) is 12.5. The quantitative estimate of drug-likeness (QED) is 0.920. The highest BCUT2D eigenvalue weighted by atomic mass is 16.4. The number of piperazine rings is 1. The molecule has 2 fully saturated rings. The highest BCUT2D eigenvalue weighted by Crippen LogP contribution is 2.22. The standard InChI is InChI=1S/C17H24N2O2/c20-17(21)11-14-4-6-15(7-5-14)12-18-9-10-19-8-2-1-3-16(19)13-18/h4-7,16H,1-3,8-13H2,(H,20,21). The Bertz CT molecular complexity index is 486. The number of carbonyl (C=O) groups is 1. The molecular formula is C17H24N2O2. The molecule has 4 nitrogen and oxygen atoms in total. The molecule has 1 aromatic carbocycles. The highest BCUT2D eigenvalue weighted by Gasteiger charge is 2.28. The van der Waals surface area contributed by atoms with Crippen molar-refractivity contribution in [2.24, 2.45) is 0 Å². The van der Waals surface area contributed by atoms with Crippen LogP contribution in [0.1, 0.15) is 30.4 Å². The van der Waals surface area contributed by atoms with Gasteiger partial charge in [0.2, 0.25) is 0 Å². The summed E-state index contributed by atoms with van der Waals surface area (Å²) < 4.78 is 0. The summed E-state index contributed by atoms with van der Waals surface area (Å²) in [6, 6.07) is 8.79. The molecule has 2 heterocycles. The molecule has 1 unspecified atom stereocenters. The second-order valence-electron chi connectivity index (χ2n) is 6.31. The van der Waals surface area contributed by atoms with Crippen LogP contribution in [0.25, 0.3) is 0 Å². The van der Waals surface area contributed by atoms with Gasteiger partial charge in [-0.3, -0.25) is 14.6 Å². The van der Waals surface area contributed by atoms with Crippen LogP contribution < -0.4 is 0 Å². The fourth-order valence-electron chi connectivity index (χ4n) is 3.56. The Morgan fingerprint density at radius 1 is 1.10 bits per heavy atom. The zero-order valence-electron chi connectivity index (χ0n) is 12.5. The van der Waals surface area contributed by atoms with Crippen LogP contribution in [0.3, 0.4) is 0 Å². The first kappa shape index (κ1) is 14.5. The van der Waals surface area contributed by atoms with Crippen LogP contribution in [-0.4, -0.2) is 53.1 Å². The van der Waals surface area contributed by atoms with E-state index in [0.717, 1.165) is 24.7 Å². The minimum Gasteiger partial charge on any atom is -0.481 e. The molecule has 0 spiro atoms. The molecular weight excluding hydrogens is 264 g/mol. The van der Waals surface area contributed by atoms with E-state index in [0.29, 0.717) is 0 Å². The maximum absolute atomic E-state index is 10.7. The van der Waals surface area contributed by atoms with Gasteiger partial charge < -0.3 is 5.11 Å². The van der Waals surface area contributed by atoms with Crippen LogP contribution in [0.2, 0.25) is 0 Å². The van der Waals surface area contributed by atoms with Crippen molar-refractivity contribution in [1.29, 1.82) is 0 Å². The molecule has 1 N–H and O–H groups in total. The molecule has 0 amide bonds. The molecule has 0 bridgehead atoms. The van der Waals surface area contributed by atoms with Gasteiger partial charge in [0.1, 0.15) is 0 Å². The summed E-state index contributed by atoms with van der Waals surface area (Å²) >= 11 is 0. The van der Waals surface area contributed by atoms with Gasteiger partial charge in [-0.15, -0.1) is 0 Å². The summed E-state index contributed by atoms with van der Waals surface area (Å²) in [6.07, 6.45) is 4.19. The largest absolute Gasteiger partial charge is 0.481 e. The molecule has 1 atom stereocenters. The van der Waals surface area contributed by atoms with Crippen LogP contribution in [0.4, 0.5) is 0 Å². The van der Waals surface area contributed by atoms with E-state index in [4.69, 9.17) is 5.11 Å². The van der Waals surface area contributed by atoms with E-state index in [1.165, 1.54) is 44.5 Å². The van der Waals surface area contributed by atoms with Gasteiger partial charge in [0.05, 0.1) is 6.42 Å². The third-order valence-corrected chi connectivity index (χ3v) is 4.71. The third kappa shape index (κ3) is 3.83. The van der Waals surface area contributed by atoms with Crippen molar-refractivity contribution in [1.82, 2.24) is 9.80 Å². The van der Waals surface area contributed by atoms with Crippen molar-refractivity contribution >= 4 is 5.97 Å². The SMILES string of the molecule is O=C(O)Cc1ccc(CN2CCN3CCCCC3C2)cc1. The Morgan fingerprint density at radius 3 is 2.62 bits per heavy atom. The van der Waals surface area contributed by atoms with E-state index < -0.39 is 5.97 Å². The molecule has 0 aliphatic carbocycles. The summed E-state index contributed by atoms with van der Waals surface area (Å²) in [4.78, 5) is 15.9. The maximum atomic E-state index is 10.7. The van der Waals surface area contributed by atoms with E-state index in [2.05, 4.69) is 21.9 Å². The highest BCUT2D eigenvalue weighted by molar-refractivity contribution is 5.70.